The van der Waals surface area contributed by atoms with Crippen LogP contribution in [0.25, 0.3) is 0 Å². The Morgan fingerprint density at radius 1 is 0.974 bits per heavy atom. The zero-order valence-corrected chi connectivity index (χ0v) is 24.7. The Hall–Kier alpha value is -3.37. The van der Waals surface area contributed by atoms with E-state index in [-0.39, 0.29) is 24.6 Å². The van der Waals surface area contributed by atoms with Gasteiger partial charge in [-0.2, -0.15) is 0 Å². The van der Waals surface area contributed by atoms with E-state index in [9.17, 15) is 18.0 Å². The highest BCUT2D eigenvalue weighted by molar-refractivity contribution is 9.10. The van der Waals surface area contributed by atoms with Crippen LogP contribution in [0.15, 0.2) is 83.3 Å². The van der Waals surface area contributed by atoms with Gasteiger partial charge in [0, 0.05) is 24.0 Å². The van der Waals surface area contributed by atoms with Gasteiger partial charge in [0.25, 0.3) is 0 Å². The normalized spacial score (nSPS) is 11.9. The maximum absolute atomic E-state index is 14.1. The fourth-order valence-corrected chi connectivity index (χ4v) is 5.48. The first kappa shape index (κ1) is 30.2. The number of ether oxygens (including phenoxy) is 1. The summed E-state index contributed by atoms with van der Waals surface area (Å²) in [6.45, 7) is 2.02. The molecular formula is C29H34BrN3O5S. The molecule has 0 aromatic heterocycles. The minimum atomic E-state index is -3.88. The number of carbonyl (C=O) groups is 2. The molecule has 0 fully saturated rings. The first-order valence-electron chi connectivity index (χ1n) is 12.6. The standard InChI is InChI=1S/C29H34BrN3O5S/c1-4-17-31-29(35)26(19-22-11-6-5-7-12-22)32(20-23-13-10-14-24(30)18-23)28(34)21-33(39(3,36)37)25-15-8-9-16-27(25)38-2/h5-16,18,26H,4,17,19-21H2,1-3H3,(H,31,35)/t26-/m1/s1. The predicted molar refractivity (Wildman–Crippen MR) is 157 cm³/mol. The van der Waals surface area contributed by atoms with E-state index in [1.54, 1.807) is 24.3 Å². The molecule has 0 saturated carbocycles. The predicted octanol–water partition coefficient (Wildman–Crippen LogP) is 4.39. The van der Waals surface area contributed by atoms with Gasteiger partial charge < -0.3 is 15.0 Å². The third kappa shape index (κ3) is 8.56. The van der Waals surface area contributed by atoms with Gasteiger partial charge in [0.15, 0.2) is 0 Å². The third-order valence-corrected chi connectivity index (χ3v) is 7.72. The van der Waals surface area contributed by atoms with E-state index < -0.39 is 28.5 Å². The highest BCUT2D eigenvalue weighted by atomic mass is 79.9. The number of rotatable bonds is 13. The molecule has 0 aliphatic carbocycles. The molecule has 1 N–H and O–H groups in total. The summed E-state index contributed by atoms with van der Waals surface area (Å²) in [6, 6.07) is 22.7. The van der Waals surface area contributed by atoms with E-state index >= 15 is 0 Å². The van der Waals surface area contributed by atoms with Crippen molar-refractivity contribution in [3.8, 4) is 5.75 Å². The average molecular weight is 617 g/mol. The van der Waals surface area contributed by atoms with Crippen LogP contribution in [0.5, 0.6) is 5.75 Å². The zero-order valence-electron chi connectivity index (χ0n) is 22.3. The first-order chi connectivity index (χ1) is 18.6. The maximum atomic E-state index is 14.1. The van der Waals surface area contributed by atoms with Crippen LogP contribution in [0.2, 0.25) is 0 Å². The molecule has 8 nitrogen and oxygen atoms in total. The van der Waals surface area contributed by atoms with E-state index in [0.717, 1.165) is 32.6 Å². The quantitative estimate of drug-likeness (QED) is 0.308. The molecule has 0 saturated heterocycles. The molecular weight excluding hydrogens is 582 g/mol. The van der Waals surface area contributed by atoms with Gasteiger partial charge in [-0.15, -0.1) is 0 Å². The molecule has 3 aromatic carbocycles. The minimum absolute atomic E-state index is 0.110. The van der Waals surface area contributed by atoms with Crippen LogP contribution in [-0.4, -0.2) is 57.6 Å². The van der Waals surface area contributed by atoms with Crippen LogP contribution < -0.4 is 14.4 Å². The molecule has 10 heteroatoms. The lowest BCUT2D eigenvalue weighted by Crippen LogP contribution is -2.53. The lowest BCUT2D eigenvalue weighted by Gasteiger charge is -2.33. The van der Waals surface area contributed by atoms with Gasteiger partial charge in [0.1, 0.15) is 18.3 Å². The van der Waals surface area contributed by atoms with Crippen LogP contribution >= 0.6 is 15.9 Å². The maximum Gasteiger partial charge on any atom is 0.244 e. The number of carbonyl (C=O) groups excluding carboxylic acids is 2. The molecule has 3 rings (SSSR count). The summed E-state index contributed by atoms with van der Waals surface area (Å²) in [7, 11) is -2.44. The third-order valence-electron chi connectivity index (χ3n) is 6.10. The van der Waals surface area contributed by atoms with Crippen LogP contribution in [-0.2, 0) is 32.6 Å². The number of halogens is 1. The lowest BCUT2D eigenvalue weighted by molar-refractivity contribution is -0.140. The van der Waals surface area contributed by atoms with E-state index in [0.29, 0.717) is 12.3 Å². The van der Waals surface area contributed by atoms with Gasteiger partial charge in [0.2, 0.25) is 21.8 Å². The Balaban J connectivity index is 2.06. The minimum Gasteiger partial charge on any atom is -0.495 e. The zero-order chi connectivity index (χ0) is 28.4. The summed E-state index contributed by atoms with van der Waals surface area (Å²) in [5, 5.41) is 2.92. The molecule has 0 unspecified atom stereocenters. The van der Waals surface area contributed by atoms with Crippen molar-refractivity contribution in [2.45, 2.75) is 32.4 Å². The highest BCUT2D eigenvalue weighted by Gasteiger charge is 2.33. The van der Waals surface area contributed by atoms with E-state index in [2.05, 4.69) is 21.2 Å². The second-order valence-corrected chi connectivity index (χ2v) is 11.9. The van der Waals surface area contributed by atoms with Crippen molar-refractivity contribution in [2.75, 3.05) is 30.8 Å². The molecule has 0 aliphatic heterocycles. The molecule has 1 atom stereocenters. The number of benzene rings is 3. The summed E-state index contributed by atoms with van der Waals surface area (Å²) in [4.78, 5) is 29.0. The van der Waals surface area contributed by atoms with E-state index in [1.165, 1.54) is 12.0 Å². The number of amides is 2. The smallest absolute Gasteiger partial charge is 0.244 e. The van der Waals surface area contributed by atoms with E-state index in [1.807, 2.05) is 61.5 Å². The number of hydrogen-bond donors (Lipinski definition) is 1. The number of para-hydroxylation sites is 2. The number of anilines is 1. The van der Waals surface area contributed by atoms with Gasteiger partial charge in [-0.3, -0.25) is 13.9 Å². The molecule has 208 valence electrons. The summed E-state index contributed by atoms with van der Waals surface area (Å²) >= 11 is 3.47. The van der Waals surface area contributed by atoms with Crippen molar-refractivity contribution in [3.63, 3.8) is 0 Å². The molecule has 39 heavy (non-hydrogen) atoms. The Labute approximate surface area is 239 Å². The van der Waals surface area contributed by atoms with Crippen molar-refractivity contribution in [3.05, 3.63) is 94.5 Å². The van der Waals surface area contributed by atoms with Crippen molar-refractivity contribution >= 4 is 43.5 Å². The Bertz CT molecular complexity index is 1370. The van der Waals surface area contributed by atoms with Gasteiger partial charge in [0.05, 0.1) is 19.1 Å². The Morgan fingerprint density at radius 2 is 1.64 bits per heavy atom. The van der Waals surface area contributed by atoms with Gasteiger partial charge in [-0.25, -0.2) is 8.42 Å². The summed E-state index contributed by atoms with van der Waals surface area (Å²) in [5.41, 5.74) is 1.92. The highest BCUT2D eigenvalue weighted by Crippen LogP contribution is 2.30. The van der Waals surface area contributed by atoms with Crippen molar-refractivity contribution < 1.29 is 22.7 Å². The largest absolute Gasteiger partial charge is 0.495 e. The number of methoxy groups -OCH3 is 1. The number of nitrogens with zero attached hydrogens (tertiary/aromatic N) is 2. The average Bonchev–Trinajstić information content (AvgIpc) is 2.92. The molecule has 0 bridgehead atoms. The van der Waals surface area contributed by atoms with Crippen molar-refractivity contribution in [2.24, 2.45) is 0 Å². The first-order valence-corrected chi connectivity index (χ1v) is 15.2. The fraction of sp³-hybridized carbons (Fsp3) is 0.310. The number of hydrogen-bond acceptors (Lipinski definition) is 5. The SMILES string of the molecule is CCCNC(=O)[C@@H](Cc1ccccc1)N(Cc1cccc(Br)c1)C(=O)CN(c1ccccc1OC)S(C)(=O)=O. The second-order valence-electron chi connectivity index (χ2n) is 9.09. The fourth-order valence-electron chi connectivity index (χ4n) is 4.18. The van der Waals surface area contributed by atoms with Crippen molar-refractivity contribution in [1.29, 1.82) is 0 Å². The Morgan fingerprint density at radius 3 is 2.28 bits per heavy atom. The lowest BCUT2D eigenvalue weighted by atomic mass is 10.0. The van der Waals surface area contributed by atoms with Crippen LogP contribution in [0, 0.1) is 0 Å². The molecule has 3 aromatic rings. The topological polar surface area (TPSA) is 96.0 Å². The van der Waals surface area contributed by atoms with E-state index in [4.69, 9.17) is 4.74 Å². The van der Waals surface area contributed by atoms with Gasteiger partial charge >= 0.3 is 0 Å². The number of nitrogens with one attached hydrogen (secondary N) is 1. The van der Waals surface area contributed by atoms with Crippen molar-refractivity contribution in [1.82, 2.24) is 10.2 Å². The summed E-state index contributed by atoms with van der Waals surface area (Å²) in [6.07, 6.45) is 2.05. The van der Waals surface area contributed by atoms with Gasteiger partial charge in [-0.05, 0) is 41.8 Å². The molecule has 0 aliphatic rings. The van der Waals surface area contributed by atoms with Crippen LogP contribution in [0.1, 0.15) is 24.5 Å². The molecule has 0 spiro atoms. The summed E-state index contributed by atoms with van der Waals surface area (Å²) < 4.78 is 33.1. The van der Waals surface area contributed by atoms with Crippen LogP contribution in [0.3, 0.4) is 0 Å². The van der Waals surface area contributed by atoms with Crippen LogP contribution in [0.4, 0.5) is 5.69 Å². The molecule has 0 heterocycles. The molecule has 2 amide bonds. The summed E-state index contributed by atoms with van der Waals surface area (Å²) in [5.74, 6) is -0.498. The molecule has 0 radical (unpaired) electrons. The monoisotopic (exact) mass is 615 g/mol. The second kappa shape index (κ2) is 14.1. The Kier molecular flexibility index (Phi) is 10.9. The number of sulfonamides is 1. The van der Waals surface area contributed by atoms with Gasteiger partial charge in [-0.1, -0.05) is 77.5 Å².